The lowest BCUT2D eigenvalue weighted by Gasteiger charge is -2.31. The van der Waals surface area contributed by atoms with Gasteiger partial charge in [0, 0.05) is 6.61 Å². The van der Waals surface area contributed by atoms with Gasteiger partial charge in [-0.1, -0.05) is 19.3 Å². The number of rotatable bonds is 2. The predicted octanol–water partition coefficient (Wildman–Crippen LogP) is 2.99. The molecular weight excluding hydrogens is 148 g/mol. The van der Waals surface area contributed by atoms with Crippen LogP contribution in [0.15, 0.2) is 0 Å². The van der Waals surface area contributed by atoms with Crippen LogP contribution in [0.3, 0.4) is 0 Å². The standard InChI is InChI=1S/C11H20O/c1-2-12-11-7-6-9-4-3-5-10(9)8-11/h9-11H,2-8H2,1H3. The van der Waals surface area contributed by atoms with Gasteiger partial charge in [0.25, 0.3) is 0 Å². The van der Waals surface area contributed by atoms with E-state index in [1.807, 2.05) is 0 Å². The first-order valence-corrected chi connectivity index (χ1v) is 5.51. The fourth-order valence-corrected chi connectivity index (χ4v) is 3.05. The summed E-state index contributed by atoms with van der Waals surface area (Å²) in [5.74, 6) is 2.09. The molecule has 12 heavy (non-hydrogen) atoms. The molecule has 0 bridgehead atoms. The Hall–Kier alpha value is -0.0400. The van der Waals surface area contributed by atoms with Gasteiger partial charge < -0.3 is 4.74 Å². The molecule has 3 unspecified atom stereocenters. The molecule has 0 heterocycles. The molecule has 0 saturated heterocycles. The Morgan fingerprint density at radius 3 is 2.75 bits per heavy atom. The van der Waals surface area contributed by atoms with E-state index >= 15 is 0 Å². The molecule has 0 aliphatic heterocycles. The molecule has 2 aliphatic rings. The molecule has 0 N–H and O–H groups in total. The molecule has 2 fully saturated rings. The van der Waals surface area contributed by atoms with Crippen molar-refractivity contribution >= 4 is 0 Å². The summed E-state index contributed by atoms with van der Waals surface area (Å²) in [7, 11) is 0. The van der Waals surface area contributed by atoms with Crippen LogP contribution in [-0.4, -0.2) is 12.7 Å². The van der Waals surface area contributed by atoms with Gasteiger partial charge in [0.2, 0.25) is 0 Å². The third kappa shape index (κ3) is 1.66. The second-order valence-corrected chi connectivity index (χ2v) is 4.34. The van der Waals surface area contributed by atoms with Gasteiger partial charge in [-0.25, -0.2) is 0 Å². The van der Waals surface area contributed by atoms with Crippen molar-refractivity contribution in [2.45, 2.75) is 51.6 Å². The lowest BCUT2D eigenvalue weighted by atomic mass is 9.80. The van der Waals surface area contributed by atoms with Gasteiger partial charge in [-0.15, -0.1) is 0 Å². The third-order valence-electron chi connectivity index (χ3n) is 3.64. The zero-order chi connectivity index (χ0) is 8.39. The molecule has 2 saturated carbocycles. The van der Waals surface area contributed by atoms with E-state index in [2.05, 4.69) is 6.92 Å². The highest BCUT2D eigenvalue weighted by Crippen LogP contribution is 2.42. The average molecular weight is 168 g/mol. The number of ether oxygens (including phenoxy) is 1. The van der Waals surface area contributed by atoms with Gasteiger partial charge in [-0.3, -0.25) is 0 Å². The quantitative estimate of drug-likeness (QED) is 0.616. The van der Waals surface area contributed by atoms with Gasteiger partial charge in [-0.2, -0.15) is 0 Å². The Labute approximate surface area is 75.5 Å². The van der Waals surface area contributed by atoms with E-state index in [9.17, 15) is 0 Å². The van der Waals surface area contributed by atoms with E-state index in [0.717, 1.165) is 18.4 Å². The van der Waals surface area contributed by atoms with Crippen LogP contribution in [0, 0.1) is 11.8 Å². The Kier molecular flexibility index (Phi) is 2.69. The number of fused-ring (bicyclic) bond motifs is 1. The predicted molar refractivity (Wildman–Crippen MR) is 50.1 cm³/mol. The van der Waals surface area contributed by atoms with Gasteiger partial charge in [0.1, 0.15) is 0 Å². The van der Waals surface area contributed by atoms with Gasteiger partial charge in [0.15, 0.2) is 0 Å². The minimum absolute atomic E-state index is 0.606. The molecule has 0 spiro atoms. The van der Waals surface area contributed by atoms with Crippen molar-refractivity contribution < 1.29 is 4.74 Å². The summed E-state index contributed by atoms with van der Waals surface area (Å²) < 4.78 is 5.69. The molecule has 1 heteroatoms. The molecule has 0 aromatic heterocycles. The topological polar surface area (TPSA) is 9.23 Å². The number of hydrogen-bond donors (Lipinski definition) is 0. The Bertz CT molecular complexity index is 144. The monoisotopic (exact) mass is 168 g/mol. The van der Waals surface area contributed by atoms with Gasteiger partial charge >= 0.3 is 0 Å². The highest BCUT2D eigenvalue weighted by molar-refractivity contribution is 4.85. The fraction of sp³-hybridized carbons (Fsp3) is 1.00. The summed E-state index contributed by atoms with van der Waals surface area (Å²) in [6, 6.07) is 0. The highest BCUT2D eigenvalue weighted by atomic mass is 16.5. The summed E-state index contributed by atoms with van der Waals surface area (Å²) in [4.78, 5) is 0. The molecule has 0 radical (unpaired) electrons. The summed E-state index contributed by atoms with van der Waals surface area (Å²) >= 11 is 0. The maximum Gasteiger partial charge on any atom is 0.0577 e. The van der Waals surface area contributed by atoms with Crippen molar-refractivity contribution in [3.05, 3.63) is 0 Å². The van der Waals surface area contributed by atoms with Crippen LogP contribution < -0.4 is 0 Å². The molecule has 0 aromatic rings. The van der Waals surface area contributed by atoms with Crippen LogP contribution in [0.1, 0.15) is 45.4 Å². The molecule has 0 aromatic carbocycles. The van der Waals surface area contributed by atoms with Crippen molar-refractivity contribution in [1.29, 1.82) is 0 Å². The first kappa shape index (κ1) is 8.55. The summed E-state index contributed by atoms with van der Waals surface area (Å²) in [6.07, 6.45) is 9.20. The summed E-state index contributed by atoms with van der Waals surface area (Å²) in [6.45, 7) is 3.02. The van der Waals surface area contributed by atoms with Crippen molar-refractivity contribution in [3.8, 4) is 0 Å². The molecule has 70 valence electrons. The summed E-state index contributed by atoms with van der Waals surface area (Å²) in [5.41, 5.74) is 0. The second-order valence-electron chi connectivity index (χ2n) is 4.34. The van der Waals surface area contributed by atoms with Crippen LogP contribution >= 0.6 is 0 Å². The van der Waals surface area contributed by atoms with Crippen LogP contribution in [0.4, 0.5) is 0 Å². The van der Waals surface area contributed by atoms with Crippen molar-refractivity contribution in [3.63, 3.8) is 0 Å². The van der Waals surface area contributed by atoms with Crippen LogP contribution in [0.5, 0.6) is 0 Å². The molecular formula is C11H20O. The van der Waals surface area contributed by atoms with E-state index in [0.29, 0.717) is 6.10 Å². The Balaban J connectivity index is 1.84. The zero-order valence-corrected chi connectivity index (χ0v) is 8.09. The normalized spacial score (nSPS) is 41.2. The maximum atomic E-state index is 5.69. The third-order valence-corrected chi connectivity index (χ3v) is 3.64. The van der Waals surface area contributed by atoms with Gasteiger partial charge in [-0.05, 0) is 38.0 Å². The Morgan fingerprint density at radius 1 is 1.08 bits per heavy atom. The van der Waals surface area contributed by atoms with Crippen molar-refractivity contribution in [1.82, 2.24) is 0 Å². The van der Waals surface area contributed by atoms with Crippen molar-refractivity contribution in [2.75, 3.05) is 6.61 Å². The minimum Gasteiger partial charge on any atom is -0.378 e. The second kappa shape index (κ2) is 3.78. The van der Waals surface area contributed by atoms with E-state index in [1.54, 1.807) is 0 Å². The highest BCUT2D eigenvalue weighted by Gasteiger charge is 2.33. The molecule has 0 amide bonds. The lowest BCUT2D eigenvalue weighted by molar-refractivity contribution is 0.00933. The minimum atomic E-state index is 0.606. The fourth-order valence-electron chi connectivity index (χ4n) is 3.05. The largest absolute Gasteiger partial charge is 0.378 e. The van der Waals surface area contributed by atoms with E-state index in [1.165, 1.54) is 38.5 Å². The van der Waals surface area contributed by atoms with E-state index in [-0.39, 0.29) is 0 Å². The molecule has 2 aliphatic carbocycles. The van der Waals surface area contributed by atoms with E-state index < -0.39 is 0 Å². The average Bonchev–Trinajstić information content (AvgIpc) is 2.51. The lowest BCUT2D eigenvalue weighted by Crippen LogP contribution is -2.26. The van der Waals surface area contributed by atoms with E-state index in [4.69, 9.17) is 4.74 Å². The molecule has 2 rings (SSSR count). The van der Waals surface area contributed by atoms with Crippen molar-refractivity contribution in [2.24, 2.45) is 11.8 Å². The smallest absolute Gasteiger partial charge is 0.0577 e. The maximum absolute atomic E-state index is 5.69. The van der Waals surface area contributed by atoms with Gasteiger partial charge in [0.05, 0.1) is 6.10 Å². The van der Waals surface area contributed by atoms with Crippen LogP contribution in [0.25, 0.3) is 0 Å². The Morgan fingerprint density at radius 2 is 1.92 bits per heavy atom. The summed E-state index contributed by atoms with van der Waals surface area (Å²) in [5, 5.41) is 0. The SMILES string of the molecule is CCOC1CCC2CCCC2C1. The zero-order valence-electron chi connectivity index (χ0n) is 8.09. The number of hydrogen-bond acceptors (Lipinski definition) is 1. The van der Waals surface area contributed by atoms with Crippen LogP contribution in [-0.2, 0) is 4.74 Å². The first-order chi connectivity index (χ1) is 5.90. The van der Waals surface area contributed by atoms with Crippen LogP contribution in [0.2, 0.25) is 0 Å². The molecule has 3 atom stereocenters. The first-order valence-electron chi connectivity index (χ1n) is 5.51. The molecule has 1 nitrogen and oxygen atoms in total.